The standard InChI is InChI=1S/C59H43N/c1-59(2)57-30-14-13-27-53(57)54-36-33-46(39-58(54)59)60(44-31-34-49(40-17-5-3-6-18-40)55(37-44)51-28-15-23-42-21-9-11-25-47(42)51)45-32-35-50(41-19-7-4-8-20-41)56(38-45)52-29-16-24-43-22-10-12-26-48(43)52/h3-39H,1-2H3. The zero-order valence-corrected chi connectivity index (χ0v) is 33.8. The molecule has 0 bridgehead atoms. The molecule has 0 atom stereocenters. The first kappa shape index (κ1) is 35.7. The molecule has 10 aromatic rings. The van der Waals surface area contributed by atoms with Crippen LogP contribution in [0.5, 0.6) is 0 Å². The van der Waals surface area contributed by atoms with Crippen molar-refractivity contribution < 1.29 is 0 Å². The van der Waals surface area contributed by atoms with Gasteiger partial charge in [-0.3, -0.25) is 0 Å². The van der Waals surface area contributed by atoms with Crippen LogP contribution >= 0.6 is 0 Å². The lowest BCUT2D eigenvalue weighted by Gasteiger charge is -2.30. The summed E-state index contributed by atoms with van der Waals surface area (Å²) in [5, 5.41) is 4.94. The Morgan fingerprint density at radius 3 is 1.23 bits per heavy atom. The van der Waals surface area contributed by atoms with Crippen LogP contribution in [0.25, 0.3) is 77.2 Å². The van der Waals surface area contributed by atoms with Crippen LogP contribution in [-0.2, 0) is 5.41 Å². The van der Waals surface area contributed by atoms with Gasteiger partial charge in [0, 0.05) is 22.5 Å². The lowest BCUT2D eigenvalue weighted by Crippen LogP contribution is -2.16. The molecule has 0 fully saturated rings. The summed E-state index contributed by atoms with van der Waals surface area (Å²) in [5.74, 6) is 0. The minimum atomic E-state index is -0.149. The minimum absolute atomic E-state index is 0.149. The summed E-state index contributed by atoms with van der Waals surface area (Å²) in [7, 11) is 0. The monoisotopic (exact) mass is 765 g/mol. The zero-order chi connectivity index (χ0) is 40.2. The van der Waals surface area contributed by atoms with Crippen molar-refractivity contribution in [3.63, 3.8) is 0 Å². The van der Waals surface area contributed by atoms with E-state index in [9.17, 15) is 0 Å². The van der Waals surface area contributed by atoms with Crippen LogP contribution in [0.15, 0.2) is 224 Å². The summed E-state index contributed by atoms with van der Waals surface area (Å²) in [4.78, 5) is 2.48. The van der Waals surface area contributed by atoms with E-state index in [1.807, 2.05) is 0 Å². The molecule has 1 aliphatic rings. The van der Waals surface area contributed by atoms with Gasteiger partial charge in [0.1, 0.15) is 0 Å². The molecule has 0 saturated carbocycles. The average Bonchev–Trinajstić information content (AvgIpc) is 3.54. The normalized spacial score (nSPS) is 12.6. The SMILES string of the molecule is CC1(C)c2ccccc2-c2ccc(N(c3ccc(-c4ccccc4)c(-c4cccc5ccccc45)c3)c3ccc(-c4ccccc4)c(-c4cccc5ccccc45)c3)cc21. The fraction of sp³-hybridized carbons (Fsp3) is 0.0508. The van der Waals surface area contributed by atoms with E-state index in [2.05, 4.69) is 243 Å². The third-order valence-electron chi connectivity index (χ3n) is 12.7. The molecule has 0 spiro atoms. The summed E-state index contributed by atoms with van der Waals surface area (Å²) in [6.07, 6.45) is 0. The maximum atomic E-state index is 2.48. The summed E-state index contributed by atoms with van der Waals surface area (Å²) in [5.41, 5.74) is 18.2. The van der Waals surface area contributed by atoms with Crippen molar-refractivity contribution in [3.8, 4) is 55.6 Å². The van der Waals surface area contributed by atoms with Crippen molar-refractivity contribution in [2.75, 3.05) is 4.90 Å². The summed E-state index contributed by atoms with van der Waals surface area (Å²) >= 11 is 0. The average molecular weight is 766 g/mol. The fourth-order valence-electron chi connectivity index (χ4n) is 9.73. The Bertz CT molecular complexity index is 3050. The number of fused-ring (bicyclic) bond motifs is 5. The number of hydrogen-bond donors (Lipinski definition) is 0. The summed E-state index contributed by atoms with van der Waals surface area (Å²) < 4.78 is 0. The molecule has 1 aliphatic carbocycles. The second kappa shape index (κ2) is 14.4. The second-order valence-corrected chi connectivity index (χ2v) is 16.5. The van der Waals surface area contributed by atoms with Gasteiger partial charge >= 0.3 is 0 Å². The van der Waals surface area contributed by atoms with Gasteiger partial charge in [0.05, 0.1) is 0 Å². The Kier molecular flexibility index (Phi) is 8.57. The van der Waals surface area contributed by atoms with Crippen molar-refractivity contribution in [1.29, 1.82) is 0 Å². The summed E-state index contributed by atoms with van der Waals surface area (Å²) in [6.45, 7) is 4.73. The third-order valence-corrected chi connectivity index (χ3v) is 12.7. The summed E-state index contributed by atoms with van der Waals surface area (Å²) in [6, 6.07) is 82.6. The quantitative estimate of drug-likeness (QED) is 0.156. The molecule has 10 aromatic carbocycles. The third kappa shape index (κ3) is 5.93. The van der Waals surface area contributed by atoms with Gasteiger partial charge in [0.15, 0.2) is 0 Å². The molecule has 0 aliphatic heterocycles. The van der Waals surface area contributed by atoms with Crippen molar-refractivity contribution >= 4 is 38.6 Å². The molecule has 0 saturated heterocycles. The van der Waals surface area contributed by atoms with Gasteiger partial charge in [-0.15, -0.1) is 0 Å². The Morgan fingerprint density at radius 1 is 0.283 bits per heavy atom. The van der Waals surface area contributed by atoms with Gasteiger partial charge in [0.25, 0.3) is 0 Å². The fourth-order valence-corrected chi connectivity index (χ4v) is 9.73. The highest BCUT2D eigenvalue weighted by molar-refractivity contribution is 6.04. The van der Waals surface area contributed by atoms with E-state index < -0.39 is 0 Å². The molecule has 0 amide bonds. The topological polar surface area (TPSA) is 3.24 Å². The second-order valence-electron chi connectivity index (χ2n) is 16.5. The van der Waals surface area contributed by atoms with Gasteiger partial charge in [-0.05, 0) is 125 Å². The van der Waals surface area contributed by atoms with Crippen LogP contribution in [0, 0.1) is 0 Å². The van der Waals surface area contributed by atoms with Gasteiger partial charge in [-0.1, -0.05) is 202 Å². The van der Waals surface area contributed by atoms with Crippen LogP contribution in [-0.4, -0.2) is 0 Å². The Labute approximate surface area is 352 Å². The predicted molar refractivity (Wildman–Crippen MR) is 255 cm³/mol. The smallest absolute Gasteiger partial charge is 0.0468 e. The molecule has 1 heteroatoms. The lowest BCUT2D eigenvalue weighted by atomic mass is 9.82. The number of anilines is 3. The molecule has 1 nitrogen and oxygen atoms in total. The van der Waals surface area contributed by atoms with Crippen LogP contribution in [0.2, 0.25) is 0 Å². The van der Waals surface area contributed by atoms with Crippen LogP contribution in [0.3, 0.4) is 0 Å². The lowest BCUT2D eigenvalue weighted by molar-refractivity contribution is 0.660. The molecule has 0 N–H and O–H groups in total. The number of rotatable bonds is 7. The molecular weight excluding hydrogens is 723 g/mol. The van der Waals surface area contributed by atoms with E-state index in [-0.39, 0.29) is 5.41 Å². The van der Waals surface area contributed by atoms with E-state index in [1.54, 1.807) is 0 Å². The first-order valence-corrected chi connectivity index (χ1v) is 20.9. The van der Waals surface area contributed by atoms with E-state index in [1.165, 1.54) is 88.3 Å². The molecule has 284 valence electrons. The van der Waals surface area contributed by atoms with E-state index >= 15 is 0 Å². The van der Waals surface area contributed by atoms with Crippen LogP contribution < -0.4 is 4.90 Å². The van der Waals surface area contributed by atoms with Gasteiger partial charge in [-0.2, -0.15) is 0 Å². The van der Waals surface area contributed by atoms with Gasteiger partial charge in [0.2, 0.25) is 0 Å². The Morgan fingerprint density at radius 2 is 0.683 bits per heavy atom. The predicted octanol–water partition coefficient (Wildman–Crippen LogP) is 16.4. The number of benzene rings is 10. The Hall–Kier alpha value is -7.48. The van der Waals surface area contributed by atoms with E-state index in [0.29, 0.717) is 0 Å². The number of hydrogen-bond acceptors (Lipinski definition) is 1. The van der Waals surface area contributed by atoms with Crippen molar-refractivity contribution in [3.05, 3.63) is 236 Å². The Balaban J connectivity index is 1.19. The molecular formula is C59H43N. The highest BCUT2D eigenvalue weighted by Crippen LogP contribution is 2.52. The molecule has 11 rings (SSSR count). The molecule has 0 aromatic heterocycles. The highest BCUT2D eigenvalue weighted by atomic mass is 15.1. The number of nitrogens with zero attached hydrogens (tertiary/aromatic N) is 1. The zero-order valence-electron chi connectivity index (χ0n) is 33.8. The first-order valence-electron chi connectivity index (χ1n) is 20.9. The van der Waals surface area contributed by atoms with E-state index in [0.717, 1.165) is 17.1 Å². The molecule has 0 unspecified atom stereocenters. The molecule has 0 radical (unpaired) electrons. The highest BCUT2D eigenvalue weighted by Gasteiger charge is 2.36. The molecule has 60 heavy (non-hydrogen) atoms. The van der Waals surface area contributed by atoms with Crippen LogP contribution in [0.1, 0.15) is 25.0 Å². The minimum Gasteiger partial charge on any atom is -0.310 e. The first-order chi connectivity index (χ1) is 29.5. The molecule has 0 heterocycles. The van der Waals surface area contributed by atoms with Crippen molar-refractivity contribution in [2.45, 2.75) is 19.3 Å². The maximum absolute atomic E-state index is 2.48. The largest absolute Gasteiger partial charge is 0.310 e. The van der Waals surface area contributed by atoms with Gasteiger partial charge in [-0.25, -0.2) is 0 Å². The maximum Gasteiger partial charge on any atom is 0.0468 e. The van der Waals surface area contributed by atoms with Crippen LogP contribution in [0.4, 0.5) is 17.1 Å². The van der Waals surface area contributed by atoms with E-state index in [4.69, 9.17) is 0 Å². The van der Waals surface area contributed by atoms with Crippen molar-refractivity contribution in [1.82, 2.24) is 0 Å². The van der Waals surface area contributed by atoms with Crippen molar-refractivity contribution in [2.24, 2.45) is 0 Å². The van der Waals surface area contributed by atoms with Gasteiger partial charge < -0.3 is 4.90 Å².